The lowest BCUT2D eigenvalue weighted by molar-refractivity contribution is -0.139. The Labute approximate surface area is 308 Å². The fraction of sp³-hybridized carbons (Fsp3) is 0.548. The number of hydrogen-bond donors (Lipinski definition) is 1. The molecule has 0 amide bonds. The lowest BCUT2D eigenvalue weighted by Crippen LogP contribution is -2.54. The number of nitrogens with two attached hydrogens (primary N) is 1. The lowest BCUT2D eigenvalue weighted by atomic mass is 9.98. The summed E-state index contributed by atoms with van der Waals surface area (Å²) in [5, 5.41) is 0. The monoisotopic (exact) mass is 725 g/mol. The van der Waals surface area contributed by atoms with Crippen molar-refractivity contribution >= 4 is 22.6 Å². The quantitative estimate of drug-likeness (QED) is 0.0351. The molecule has 0 fully saturated rings. The maximum absolute atomic E-state index is 11.9. The van der Waals surface area contributed by atoms with Crippen LogP contribution in [0, 0.1) is 0 Å². The Bertz CT molecular complexity index is 1260. The molecule has 0 unspecified atom stereocenters. The van der Waals surface area contributed by atoms with E-state index >= 15 is 0 Å². The van der Waals surface area contributed by atoms with Gasteiger partial charge in [0, 0.05) is 6.04 Å². The highest BCUT2D eigenvalue weighted by atomic mass is 28.4. The molecule has 0 aromatic rings. The van der Waals surface area contributed by atoms with E-state index in [1.807, 2.05) is 32.1 Å². The summed E-state index contributed by atoms with van der Waals surface area (Å²) in [7, 11) is -1.26. The summed E-state index contributed by atoms with van der Waals surface area (Å²) < 4.78 is 24.6. The molecule has 0 saturated carbocycles. The largest absolute Gasteiger partial charge is 0.490 e. The first-order valence-electron chi connectivity index (χ1n) is 18.5. The van der Waals surface area contributed by atoms with Crippen LogP contribution < -0.4 is 5.73 Å². The van der Waals surface area contributed by atoms with Gasteiger partial charge in [0.1, 0.15) is 5.60 Å². The third-order valence-corrected chi connectivity index (χ3v) is 18.9. The number of carbonyl (C=O) groups excluding carboxylic acids is 1. The summed E-state index contributed by atoms with van der Waals surface area (Å²) >= 11 is 0. The van der Waals surface area contributed by atoms with Gasteiger partial charge in [-0.25, -0.2) is 4.79 Å². The van der Waals surface area contributed by atoms with Gasteiger partial charge in [-0.1, -0.05) is 132 Å². The van der Waals surface area contributed by atoms with Crippen molar-refractivity contribution in [1.82, 2.24) is 0 Å². The Hall–Kier alpha value is -2.76. The highest BCUT2D eigenvalue weighted by Gasteiger charge is 2.44. The molecular formula is C42H71NO5Si2. The molecule has 0 bridgehead atoms. The Balaban J connectivity index is 6.78. The van der Waals surface area contributed by atoms with Crippen LogP contribution in [0.3, 0.4) is 0 Å². The molecule has 0 aliphatic heterocycles. The zero-order chi connectivity index (χ0) is 38.2. The first-order valence-corrected chi connectivity index (χ1v) is 23.6. The van der Waals surface area contributed by atoms with Crippen molar-refractivity contribution < 1.29 is 23.1 Å². The number of carbonyl (C=O) groups is 1. The normalized spacial score (nSPS) is 17.1. The van der Waals surface area contributed by atoms with Gasteiger partial charge in [-0.15, -0.1) is 0 Å². The van der Waals surface area contributed by atoms with E-state index in [2.05, 4.69) is 123 Å². The molecule has 50 heavy (non-hydrogen) atoms. The molecule has 0 rings (SSSR count). The van der Waals surface area contributed by atoms with Crippen molar-refractivity contribution in [2.24, 2.45) is 5.73 Å². The van der Waals surface area contributed by atoms with Crippen LogP contribution in [0.4, 0.5) is 0 Å². The molecule has 0 aliphatic rings. The van der Waals surface area contributed by atoms with Crippen molar-refractivity contribution in [3.63, 3.8) is 0 Å². The standard InChI is InChI=1S/C42H71NO5Si2/c1-14-49(15-2,16-3)47-40(30-23-22-26-35(7)28-25-29-36(8)31-32-38(10)43)42(11,48-50(17-4,18-5)19-6)33-24-20-21-27-37(9)34-39(45-12)41(44)46-13/h20-31,33-34,38,40H,14-19,32,43H2,1-13H3/b21-20+,26-22+,29-25+,30-23-,33-24+,35-28+,36-31+,37-27+,39-34-/t38-,40-,42+/m0/s1. The van der Waals surface area contributed by atoms with Crippen LogP contribution in [-0.2, 0) is 23.1 Å². The first-order chi connectivity index (χ1) is 23.7. The predicted octanol–water partition coefficient (Wildman–Crippen LogP) is 11.2. The van der Waals surface area contributed by atoms with E-state index in [1.165, 1.54) is 19.8 Å². The van der Waals surface area contributed by atoms with E-state index in [4.69, 9.17) is 24.1 Å². The van der Waals surface area contributed by atoms with Gasteiger partial charge in [0.25, 0.3) is 0 Å². The van der Waals surface area contributed by atoms with Crippen molar-refractivity contribution in [2.45, 2.75) is 137 Å². The fourth-order valence-electron chi connectivity index (χ4n) is 5.53. The number of hydrogen-bond acceptors (Lipinski definition) is 6. The van der Waals surface area contributed by atoms with E-state index in [-0.39, 0.29) is 17.9 Å². The van der Waals surface area contributed by atoms with Crippen LogP contribution in [0.2, 0.25) is 36.3 Å². The molecule has 6 nitrogen and oxygen atoms in total. The highest BCUT2D eigenvalue weighted by molar-refractivity contribution is 6.74. The highest BCUT2D eigenvalue weighted by Crippen LogP contribution is 2.36. The molecule has 0 aromatic heterocycles. The second-order valence-corrected chi connectivity index (χ2v) is 22.8. The maximum atomic E-state index is 11.9. The van der Waals surface area contributed by atoms with Gasteiger partial charge in [-0.2, -0.15) is 0 Å². The van der Waals surface area contributed by atoms with Gasteiger partial charge in [0.05, 0.1) is 20.3 Å². The molecule has 0 aliphatic carbocycles. The van der Waals surface area contributed by atoms with Crippen LogP contribution >= 0.6 is 0 Å². The molecule has 0 aromatic carbocycles. The summed E-state index contributed by atoms with van der Waals surface area (Å²) in [5.41, 5.74) is 8.43. The first kappa shape index (κ1) is 47.2. The molecular weight excluding hydrogens is 655 g/mol. The molecule has 2 N–H and O–H groups in total. The van der Waals surface area contributed by atoms with E-state index in [0.29, 0.717) is 0 Å². The molecule has 0 radical (unpaired) electrons. The van der Waals surface area contributed by atoms with Crippen molar-refractivity contribution in [3.05, 3.63) is 108 Å². The average molecular weight is 726 g/mol. The van der Waals surface area contributed by atoms with Gasteiger partial charge in [0.15, 0.2) is 16.6 Å². The zero-order valence-electron chi connectivity index (χ0n) is 33.8. The second-order valence-electron chi connectivity index (χ2n) is 13.3. The van der Waals surface area contributed by atoms with E-state index in [0.717, 1.165) is 53.8 Å². The summed E-state index contributed by atoms with van der Waals surface area (Å²) in [5.74, 6) is -0.351. The summed E-state index contributed by atoms with van der Waals surface area (Å²) in [6.07, 6.45) is 29.4. The Morgan fingerprint density at radius 2 is 1.28 bits per heavy atom. The van der Waals surface area contributed by atoms with Gasteiger partial charge in [-0.3, -0.25) is 0 Å². The van der Waals surface area contributed by atoms with Gasteiger partial charge < -0.3 is 24.1 Å². The van der Waals surface area contributed by atoms with Crippen LogP contribution in [-0.4, -0.2) is 54.6 Å². The van der Waals surface area contributed by atoms with Crippen LogP contribution in [0.25, 0.3) is 0 Å². The topological polar surface area (TPSA) is 80.0 Å². The Morgan fingerprint density at radius 3 is 1.80 bits per heavy atom. The smallest absolute Gasteiger partial charge is 0.373 e. The number of allylic oxidation sites excluding steroid dienone is 14. The number of methoxy groups -OCH3 is 2. The minimum Gasteiger partial charge on any atom is -0.490 e. The SMILES string of the molecule is CC[Si](CC)(CC)O[C@@H](\C=C/C=C/C(C)=C/C=C/C(C)=C/C[C@H](C)N)[C@@](C)(/C=C/C=C/C=C(C)/C=C(\OC)C(=O)OC)O[Si](CC)(CC)CC. The maximum Gasteiger partial charge on any atom is 0.373 e. The minimum atomic E-state index is -2.04. The molecule has 282 valence electrons. The molecule has 8 heteroatoms. The molecule has 0 saturated heterocycles. The fourth-order valence-corrected chi connectivity index (χ4v) is 11.4. The summed E-state index contributed by atoms with van der Waals surface area (Å²) in [6.45, 7) is 24.0. The minimum absolute atomic E-state index is 0.157. The van der Waals surface area contributed by atoms with Crippen LogP contribution in [0.5, 0.6) is 0 Å². The number of ether oxygens (including phenoxy) is 2. The third kappa shape index (κ3) is 17.4. The molecule has 0 spiro atoms. The van der Waals surface area contributed by atoms with E-state index < -0.39 is 28.2 Å². The summed E-state index contributed by atoms with van der Waals surface area (Å²) in [6, 6.07) is 6.45. The second kappa shape index (κ2) is 25.2. The predicted molar refractivity (Wildman–Crippen MR) is 221 cm³/mol. The van der Waals surface area contributed by atoms with Gasteiger partial charge in [0.2, 0.25) is 5.76 Å². The summed E-state index contributed by atoms with van der Waals surface area (Å²) in [4.78, 5) is 11.9. The van der Waals surface area contributed by atoms with E-state index in [1.54, 1.807) is 6.08 Å². The van der Waals surface area contributed by atoms with Gasteiger partial charge >= 0.3 is 5.97 Å². The van der Waals surface area contributed by atoms with Crippen molar-refractivity contribution in [2.75, 3.05) is 14.2 Å². The van der Waals surface area contributed by atoms with E-state index in [9.17, 15) is 4.79 Å². The number of rotatable bonds is 24. The van der Waals surface area contributed by atoms with Crippen LogP contribution in [0.15, 0.2) is 108 Å². The van der Waals surface area contributed by atoms with Crippen LogP contribution in [0.1, 0.15) is 82.6 Å². The third-order valence-electron chi connectivity index (χ3n) is 9.50. The average Bonchev–Trinajstić information content (AvgIpc) is 3.11. The number of esters is 1. The van der Waals surface area contributed by atoms with Crippen molar-refractivity contribution in [1.29, 1.82) is 0 Å². The van der Waals surface area contributed by atoms with Gasteiger partial charge in [-0.05, 0) is 89.0 Å². The lowest BCUT2D eigenvalue weighted by Gasteiger charge is -2.45. The molecule has 3 atom stereocenters. The Morgan fingerprint density at radius 1 is 0.720 bits per heavy atom. The Kier molecular flexibility index (Phi) is 23.8. The zero-order valence-corrected chi connectivity index (χ0v) is 35.8. The van der Waals surface area contributed by atoms with Crippen molar-refractivity contribution in [3.8, 4) is 0 Å². The molecule has 0 heterocycles.